The first-order valence-corrected chi connectivity index (χ1v) is 4.65. The zero-order valence-corrected chi connectivity index (χ0v) is 8.45. The largest absolute Gasteiger partial charge is 0.395 e. The summed E-state index contributed by atoms with van der Waals surface area (Å²) >= 11 is 0. The Bertz CT molecular complexity index is 148. The molecule has 1 N–H and O–H groups in total. The Morgan fingerprint density at radius 1 is 1.62 bits per heavy atom. The fraction of sp³-hybridized carbons (Fsp3) is 1.00. The Morgan fingerprint density at radius 2 is 2.38 bits per heavy atom. The van der Waals surface area contributed by atoms with E-state index in [4.69, 9.17) is 14.6 Å². The van der Waals surface area contributed by atoms with E-state index in [0.717, 1.165) is 13.2 Å². The molecule has 1 unspecified atom stereocenters. The van der Waals surface area contributed by atoms with Gasteiger partial charge in [-0.25, -0.2) is 0 Å². The van der Waals surface area contributed by atoms with Crippen LogP contribution in [-0.4, -0.2) is 62.2 Å². The highest BCUT2D eigenvalue weighted by atomic mass is 16.5. The Kier molecular flexibility index (Phi) is 4.12. The smallest absolute Gasteiger partial charge is 0.0671 e. The molecule has 1 saturated heterocycles. The quantitative estimate of drug-likeness (QED) is 0.660. The lowest BCUT2D eigenvalue weighted by atomic mass is 10.0. The summed E-state index contributed by atoms with van der Waals surface area (Å²) in [5, 5.41) is 8.90. The lowest BCUT2D eigenvalue weighted by Gasteiger charge is -2.43. The summed E-state index contributed by atoms with van der Waals surface area (Å²) in [5.74, 6) is 0. The molecule has 0 aliphatic carbocycles. The lowest BCUT2D eigenvalue weighted by Crippen LogP contribution is -2.58. The summed E-state index contributed by atoms with van der Waals surface area (Å²) in [6, 6.07) is 0. The fourth-order valence-corrected chi connectivity index (χ4v) is 1.77. The van der Waals surface area contributed by atoms with Gasteiger partial charge >= 0.3 is 0 Å². The Hall–Kier alpha value is -0.160. The second kappa shape index (κ2) is 4.91. The number of nitrogens with zero attached hydrogens (tertiary/aromatic N) is 1. The van der Waals surface area contributed by atoms with Crippen molar-refractivity contribution in [2.45, 2.75) is 12.5 Å². The monoisotopic (exact) mass is 189 g/mol. The number of aliphatic hydroxyl groups excluding tert-OH is 1. The summed E-state index contributed by atoms with van der Waals surface area (Å²) in [6.45, 7) is 5.95. The Balaban J connectivity index is 2.54. The number of ether oxygens (including phenoxy) is 2. The minimum absolute atomic E-state index is 0.0737. The third kappa shape index (κ3) is 2.64. The molecular formula is C9H19NO3. The molecule has 1 aliphatic rings. The minimum atomic E-state index is -0.0737. The van der Waals surface area contributed by atoms with Crippen molar-refractivity contribution in [1.29, 1.82) is 0 Å². The molecule has 1 heterocycles. The predicted molar refractivity (Wildman–Crippen MR) is 49.8 cm³/mol. The average Bonchev–Trinajstić information content (AvgIpc) is 2.10. The third-order valence-corrected chi connectivity index (χ3v) is 2.51. The van der Waals surface area contributed by atoms with Crippen LogP contribution in [0.2, 0.25) is 0 Å². The van der Waals surface area contributed by atoms with Gasteiger partial charge in [-0.05, 0) is 6.92 Å². The molecule has 1 aliphatic heterocycles. The van der Waals surface area contributed by atoms with Crippen molar-refractivity contribution in [2.24, 2.45) is 0 Å². The van der Waals surface area contributed by atoms with E-state index in [1.165, 1.54) is 0 Å². The summed E-state index contributed by atoms with van der Waals surface area (Å²) in [6.07, 6.45) is 0. The van der Waals surface area contributed by atoms with Crippen LogP contribution in [0.4, 0.5) is 0 Å². The van der Waals surface area contributed by atoms with E-state index < -0.39 is 0 Å². The van der Waals surface area contributed by atoms with E-state index >= 15 is 0 Å². The maximum Gasteiger partial charge on any atom is 0.0671 e. The van der Waals surface area contributed by atoms with Gasteiger partial charge in [-0.2, -0.15) is 0 Å². The van der Waals surface area contributed by atoms with Gasteiger partial charge in [-0.1, -0.05) is 0 Å². The van der Waals surface area contributed by atoms with Gasteiger partial charge in [0.1, 0.15) is 0 Å². The highest BCUT2D eigenvalue weighted by Crippen LogP contribution is 2.19. The molecule has 1 fully saturated rings. The maximum absolute atomic E-state index is 8.90. The van der Waals surface area contributed by atoms with Crippen molar-refractivity contribution in [3.63, 3.8) is 0 Å². The zero-order chi connectivity index (χ0) is 9.73. The molecule has 0 aromatic rings. The van der Waals surface area contributed by atoms with Gasteiger partial charge in [-0.15, -0.1) is 0 Å². The highest BCUT2D eigenvalue weighted by molar-refractivity contribution is 4.88. The number of rotatable bonds is 4. The molecule has 4 nitrogen and oxygen atoms in total. The first kappa shape index (κ1) is 10.9. The summed E-state index contributed by atoms with van der Waals surface area (Å²) in [5.41, 5.74) is -0.0737. The van der Waals surface area contributed by atoms with Crippen LogP contribution in [0.25, 0.3) is 0 Å². The van der Waals surface area contributed by atoms with Crippen LogP contribution in [-0.2, 0) is 9.47 Å². The number of morpholine rings is 1. The van der Waals surface area contributed by atoms with Gasteiger partial charge in [0.2, 0.25) is 0 Å². The third-order valence-electron chi connectivity index (χ3n) is 2.51. The fourth-order valence-electron chi connectivity index (χ4n) is 1.77. The van der Waals surface area contributed by atoms with Crippen LogP contribution in [0.15, 0.2) is 0 Å². The summed E-state index contributed by atoms with van der Waals surface area (Å²) in [7, 11) is 1.69. The van der Waals surface area contributed by atoms with E-state index in [9.17, 15) is 0 Å². The topological polar surface area (TPSA) is 41.9 Å². The molecule has 78 valence electrons. The van der Waals surface area contributed by atoms with Gasteiger partial charge in [0.05, 0.1) is 32.0 Å². The molecule has 0 aromatic heterocycles. The van der Waals surface area contributed by atoms with Gasteiger partial charge in [0.25, 0.3) is 0 Å². The van der Waals surface area contributed by atoms with Gasteiger partial charge in [0.15, 0.2) is 0 Å². The van der Waals surface area contributed by atoms with Gasteiger partial charge < -0.3 is 14.6 Å². The van der Waals surface area contributed by atoms with Crippen LogP contribution in [0.1, 0.15) is 6.92 Å². The zero-order valence-electron chi connectivity index (χ0n) is 8.45. The number of aliphatic hydroxyl groups is 1. The van der Waals surface area contributed by atoms with Crippen molar-refractivity contribution in [3.05, 3.63) is 0 Å². The van der Waals surface area contributed by atoms with Gasteiger partial charge in [-0.3, -0.25) is 4.90 Å². The van der Waals surface area contributed by atoms with Crippen LogP contribution < -0.4 is 0 Å². The molecule has 4 heteroatoms. The first-order chi connectivity index (χ1) is 6.23. The van der Waals surface area contributed by atoms with E-state index in [2.05, 4.69) is 11.8 Å². The molecule has 0 aromatic carbocycles. The molecule has 0 saturated carbocycles. The molecule has 13 heavy (non-hydrogen) atoms. The van der Waals surface area contributed by atoms with E-state index in [-0.39, 0.29) is 12.1 Å². The number of β-amino-alcohol motifs (C(OH)–C–C–N with tert-alkyl or cyclic N) is 1. The number of hydrogen-bond donors (Lipinski definition) is 1. The summed E-state index contributed by atoms with van der Waals surface area (Å²) in [4.78, 5) is 2.22. The van der Waals surface area contributed by atoms with Crippen molar-refractivity contribution in [3.8, 4) is 0 Å². The molecule has 0 amide bonds. The van der Waals surface area contributed by atoms with Crippen molar-refractivity contribution in [2.75, 3.05) is 46.6 Å². The second-order valence-electron chi connectivity index (χ2n) is 3.69. The number of hydrogen-bond acceptors (Lipinski definition) is 4. The average molecular weight is 189 g/mol. The summed E-state index contributed by atoms with van der Waals surface area (Å²) < 4.78 is 10.6. The first-order valence-electron chi connectivity index (χ1n) is 4.65. The molecular weight excluding hydrogens is 170 g/mol. The number of methoxy groups -OCH3 is 1. The highest BCUT2D eigenvalue weighted by Gasteiger charge is 2.34. The van der Waals surface area contributed by atoms with Gasteiger partial charge in [0, 0.05) is 20.2 Å². The predicted octanol–water partition coefficient (Wildman–Crippen LogP) is -0.284. The normalized spacial score (nSPS) is 30.7. The lowest BCUT2D eigenvalue weighted by molar-refractivity contribution is -0.0928. The van der Waals surface area contributed by atoms with Crippen LogP contribution in [0.3, 0.4) is 0 Å². The second-order valence-corrected chi connectivity index (χ2v) is 3.69. The van der Waals surface area contributed by atoms with Crippen molar-refractivity contribution < 1.29 is 14.6 Å². The molecule has 0 radical (unpaired) electrons. The van der Waals surface area contributed by atoms with Crippen molar-refractivity contribution in [1.82, 2.24) is 4.90 Å². The van der Waals surface area contributed by atoms with E-state index in [1.54, 1.807) is 7.11 Å². The van der Waals surface area contributed by atoms with Crippen LogP contribution in [0.5, 0.6) is 0 Å². The minimum Gasteiger partial charge on any atom is -0.395 e. The van der Waals surface area contributed by atoms with E-state index in [0.29, 0.717) is 19.8 Å². The molecule has 1 atom stereocenters. The molecule has 0 spiro atoms. The van der Waals surface area contributed by atoms with Crippen LogP contribution >= 0.6 is 0 Å². The Labute approximate surface area is 79.4 Å². The molecule has 1 rings (SSSR count). The Morgan fingerprint density at radius 3 is 3.00 bits per heavy atom. The maximum atomic E-state index is 8.90. The standard InChI is InChI=1S/C9H19NO3/c1-9(7-12-2)8-13-6-4-10(9)3-5-11/h11H,3-8H2,1-2H3. The van der Waals surface area contributed by atoms with E-state index in [1.807, 2.05) is 0 Å². The van der Waals surface area contributed by atoms with Crippen LogP contribution in [0, 0.1) is 0 Å². The van der Waals surface area contributed by atoms with Crippen molar-refractivity contribution >= 4 is 0 Å². The molecule has 0 bridgehead atoms. The SMILES string of the molecule is COCC1(C)COCCN1CCO.